The minimum Gasteiger partial charge on any atom is -0.480 e. The average molecular weight is 310 g/mol. The number of terminal acetylenes is 1. The fraction of sp³-hybridized carbons (Fsp3) is 0.733. The van der Waals surface area contributed by atoms with E-state index in [0.29, 0.717) is 24.6 Å². The van der Waals surface area contributed by atoms with Crippen LogP contribution in [0.15, 0.2) is 0 Å². The molecule has 2 aliphatic rings. The van der Waals surface area contributed by atoms with Gasteiger partial charge in [-0.15, -0.1) is 18.2 Å². The number of carboxylic acid groups (broad SMARTS) is 1. The summed E-state index contributed by atoms with van der Waals surface area (Å²) in [5, 5.41) is 12.2. The van der Waals surface area contributed by atoms with E-state index in [9.17, 15) is 14.7 Å². The van der Waals surface area contributed by atoms with Crippen molar-refractivity contribution in [2.45, 2.75) is 44.2 Å². The highest BCUT2D eigenvalue weighted by Gasteiger charge is 2.47. The molecule has 0 aromatic heterocycles. The zero-order valence-electron chi connectivity index (χ0n) is 12.1. The minimum absolute atomic E-state index is 0.0956. The van der Waals surface area contributed by atoms with Crippen LogP contribution in [0.5, 0.6) is 0 Å². The van der Waals surface area contributed by atoms with Gasteiger partial charge in [0.1, 0.15) is 6.04 Å². The predicted molar refractivity (Wildman–Crippen MR) is 83.2 cm³/mol. The van der Waals surface area contributed by atoms with Gasteiger partial charge in [0.25, 0.3) is 0 Å². The van der Waals surface area contributed by atoms with Crippen molar-refractivity contribution in [1.82, 2.24) is 10.2 Å². The molecule has 21 heavy (non-hydrogen) atoms. The predicted octanol–water partition coefficient (Wildman–Crippen LogP) is 1.78. The summed E-state index contributed by atoms with van der Waals surface area (Å²) in [4.78, 5) is 25.4. The molecule has 2 fully saturated rings. The maximum Gasteiger partial charge on any atom is 0.326 e. The van der Waals surface area contributed by atoms with Gasteiger partial charge in [0, 0.05) is 18.3 Å². The van der Waals surface area contributed by atoms with E-state index in [2.05, 4.69) is 11.2 Å². The standard InChI is InChI=1S/C15H22N2O3S/c1-2-8-21-9-7-16-15(20)17-12-6-4-3-5-11(12)10-13(17)14(18)19/h1,11-13H,3-10H2,(H,16,20)(H,18,19). The van der Waals surface area contributed by atoms with E-state index >= 15 is 0 Å². The Labute approximate surface area is 129 Å². The van der Waals surface area contributed by atoms with Gasteiger partial charge in [0.2, 0.25) is 0 Å². The Morgan fingerprint density at radius 3 is 2.86 bits per heavy atom. The smallest absolute Gasteiger partial charge is 0.326 e. The van der Waals surface area contributed by atoms with E-state index in [1.807, 2.05) is 0 Å². The monoisotopic (exact) mass is 310 g/mol. The highest BCUT2D eigenvalue weighted by atomic mass is 32.2. The number of hydrogen-bond donors (Lipinski definition) is 2. The lowest BCUT2D eigenvalue weighted by Crippen LogP contribution is -2.51. The molecule has 5 nitrogen and oxygen atoms in total. The lowest BCUT2D eigenvalue weighted by molar-refractivity contribution is -0.141. The Balaban J connectivity index is 1.92. The maximum atomic E-state index is 12.3. The third-order valence-electron chi connectivity index (χ3n) is 4.32. The van der Waals surface area contributed by atoms with Crippen LogP contribution in [0.4, 0.5) is 4.79 Å². The van der Waals surface area contributed by atoms with Crippen molar-refractivity contribution in [2.75, 3.05) is 18.1 Å². The first kappa shape index (κ1) is 16.0. The van der Waals surface area contributed by atoms with Crippen molar-refractivity contribution in [3.05, 3.63) is 0 Å². The van der Waals surface area contributed by atoms with Gasteiger partial charge in [0.15, 0.2) is 0 Å². The zero-order valence-corrected chi connectivity index (χ0v) is 12.9. The molecule has 2 rings (SSSR count). The highest BCUT2D eigenvalue weighted by Crippen LogP contribution is 2.39. The molecule has 2 N–H and O–H groups in total. The van der Waals surface area contributed by atoms with Crippen molar-refractivity contribution in [3.8, 4) is 12.3 Å². The molecule has 3 atom stereocenters. The topological polar surface area (TPSA) is 69.6 Å². The third-order valence-corrected chi connectivity index (χ3v) is 5.18. The van der Waals surface area contributed by atoms with Gasteiger partial charge in [-0.05, 0) is 25.2 Å². The number of amides is 2. The van der Waals surface area contributed by atoms with E-state index in [1.54, 1.807) is 16.7 Å². The molecule has 3 unspecified atom stereocenters. The highest BCUT2D eigenvalue weighted by molar-refractivity contribution is 7.99. The van der Waals surface area contributed by atoms with Gasteiger partial charge in [-0.25, -0.2) is 9.59 Å². The molecule has 0 spiro atoms. The van der Waals surface area contributed by atoms with E-state index in [-0.39, 0.29) is 12.1 Å². The molecular weight excluding hydrogens is 288 g/mol. The molecule has 6 heteroatoms. The Morgan fingerprint density at radius 1 is 1.38 bits per heavy atom. The van der Waals surface area contributed by atoms with Crippen LogP contribution in [0.25, 0.3) is 0 Å². The number of aliphatic carboxylic acids is 1. The number of nitrogens with zero attached hydrogens (tertiary/aromatic N) is 1. The summed E-state index contributed by atoms with van der Waals surface area (Å²) >= 11 is 1.58. The molecule has 0 radical (unpaired) electrons. The maximum absolute atomic E-state index is 12.3. The number of carbonyl (C=O) groups excluding carboxylic acids is 1. The third kappa shape index (κ3) is 3.85. The first-order valence-electron chi connectivity index (χ1n) is 7.45. The minimum atomic E-state index is -0.888. The van der Waals surface area contributed by atoms with Gasteiger partial charge in [0.05, 0.1) is 5.75 Å². The molecule has 116 valence electrons. The van der Waals surface area contributed by atoms with Crippen LogP contribution in [0, 0.1) is 18.3 Å². The number of likely N-dealkylation sites (tertiary alicyclic amines) is 1. The lowest BCUT2D eigenvalue weighted by Gasteiger charge is -2.32. The number of urea groups is 1. The molecule has 0 aromatic carbocycles. The molecule has 1 saturated heterocycles. The SMILES string of the molecule is C#CCSCCNC(=O)N1C(C(=O)O)CC2CCCCC21. The van der Waals surface area contributed by atoms with Crippen LogP contribution < -0.4 is 5.32 Å². The Kier molecular flexibility index (Phi) is 5.80. The Hall–Kier alpha value is -1.35. The lowest BCUT2D eigenvalue weighted by atomic mass is 9.85. The Bertz CT molecular complexity index is 435. The van der Waals surface area contributed by atoms with Crippen LogP contribution in [0.2, 0.25) is 0 Å². The van der Waals surface area contributed by atoms with E-state index in [1.165, 1.54) is 0 Å². The van der Waals surface area contributed by atoms with Gasteiger partial charge in [-0.3, -0.25) is 0 Å². The molecular formula is C15H22N2O3S. The van der Waals surface area contributed by atoms with Crippen molar-refractivity contribution < 1.29 is 14.7 Å². The van der Waals surface area contributed by atoms with Crippen molar-refractivity contribution in [1.29, 1.82) is 0 Å². The number of hydrogen-bond acceptors (Lipinski definition) is 3. The summed E-state index contributed by atoms with van der Waals surface area (Å²) < 4.78 is 0. The number of fused-ring (bicyclic) bond motifs is 1. The van der Waals surface area contributed by atoms with Crippen LogP contribution in [0.1, 0.15) is 32.1 Å². The summed E-state index contributed by atoms with van der Waals surface area (Å²) in [6.45, 7) is 0.519. The number of carboxylic acids is 1. The summed E-state index contributed by atoms with van der Waals surface area (Å²) in [5.74, 6) is 3.37. The van der Waals surface area contributed by atoms with Crippen LogP contribution >= 0.6 is 11.8 Å². The molecule has 0 bridgehead atoms. The van der Waals surface area contributed by atoms with E-state index < -0.39 is 12.0 Å². The first-order valence-corrected chi connectivity index (χ1v) is 8.60. The molecule has 0 aromatic rings. The largest absolute Gasteiger partial charge is 0.480 e. The Morgan fingerprint density at radius 2 is 2.14 bits per heavy atom. The van der Waals surface area contributed by atoms with Crippen LogP contribution in [0.3, 0.4) is 0 Å². The summed E-state index contributed by atoms with van der Waals surface area (Å²) in [6.07, 6.45) is 9.95. The van der Waals surface area contributed by atoms with E-state index in [0.717, 1.165) is 31.4 Å². The van der Waals surface area contributed by atoms with Crippen LogP contribution in [-0.2, 0) is 4.79 Å². The molecule has 1 heterocycles. The number of carbonyl (C=O) groups is 2. The van der Waals surface area contributed by atoms with Gasteiger partial charge < -0.3 is 15.3 Å². The van der Waals surface area contributed by atoms with E-state index in [4.69, 9.17) is 6.42 Å². The van der Waals surface area contributed by atoms with Gasteiger partial charge in [-0.2, -0.15) is 0 Å². The second kappa shape index (κ2) is 7.60. The summed E-state index contributed by atoms with van der Waals surface area (Å²) in [7, 11) is 0. The number of nitrogens with one attached hydrogen (secondary N) is 1. The first-order chi connectivity index (χ1) is 10.1. The second-order valence-electron chi connectivity index (χ2n) is 5.60. The summed E-state index contributed by atoms with van der Waals surface area (Å²) in [5.41, 5.74) is 0. The number of rotatable bonds is 5. The average Bonchev–Trinajstić information content (AvgIpc) is 2.86. The number of thioether (sulfide) groups is 1. The molecule has 2 amide bonds. The quantitative estimate of drug-likeness (QED) is 0.600. The molecule has 1 aliphatic carbocycles. The normalized spacial score (nSPS) is 27.8. The second-order valence-corrected chi connectivity index (χ2v) is 6.70. The fourth-order valence-electron chi connectivity index (χ4n) is 3.43. The molecule has 1 aliphatic heterocycles. The summed E-state index contributed by atoms with van der Waals surface area (Å²) in [6, 6.07) is -0.812. The van der Waals surface area contributed by atoms with Gasteiger partial charge >= 0.3 is 12.0 Å². The molecule has 1 saturated carbocycles. The van der Waals surface area contributed by atoms with Crippen molar-refractivity contribution in [3.63, 3.8) is 0 Å². The van der Waals surface area contributed by atoms with Crippen LogP contribution in [-0.4, -0.2) is 52.1 Å². The fourth-order valence-corrected chi connectivity index (χ4v) is 3.93. The van der Waals surface area contributed by atoms with Gasteiger partial charge in [-0.1, -0.05) is 18.8 Å². The van der Waals surface area contributed by atoms with Crippen molar-refractivity contribution in [2.24, 2.45) is 5.92 Å². The zero-order chi connectivity index (χ0) is 15.2. The van der Waals surface area contributed by atoms with Crippen molar-refractivity contribution >= 4 is 23.8 Å².